The van der Waals surface area contributed by atoms with E-state index in [1.54, 1.807) is 32.2 Å². The quantitative estimate of drug-likeness (QED) is 0.118. The van der Waals surface area contributed by atoms with Gasteiger partial charge in [0.25, 0.3) is 15.9 Å². The second-order valence-electron chi connectivity index (χ2n) is 13.7. The Morgan fingerprint density at radius 2 is 1.76 bits per heavy atom. The van der Waals surface area contributed by atoms with Crippen LogP contribution in [-0.4, -0.2) is 85.7 Å². The fourth-order valence-corrected chi connectivity index (χ4v) is 7.96. The number of carbonyl (C=O) groups is 4. The second kappa shape index (κ2) is 16.5. The third-order valence-electron chi connectivity index (χ3n) is 9.96. The van der Waals surface area contributed by atoms with Crippen LogP contribution in [0.2, 0.25) is 0 Å². The Labute approximate surface area is 324 Å². The summed E-state index contributed by atoms with van der Waals surface area (Å²) in [6, 6.07) is 23.1. The molecule has 1 saturated heterocycles. The average molecular weight is 788 g/mol. The highest BCUT2D eigenvalue weighted by molar-refractivity contribution is 7.90. The number of sulfonamides is 1. The van der Waals surface area contributed by atoms with Gasteiger partial charge in [0.15, 0.2) is 0 Å². The molecule has 3 N–H and O–H groups in total. The molecule has 2 heterocycles. The van der Waals surface area contributed by atoms with Gasteiger partial charge in [0.1, 0.15) is 35.1 Å². The lowest BCUT2D eigenvalue weighted by molar-refractivity contribution is -0.142. The summed E-state index contributed by atoms with van der Waals surface area (Å²) in [7, 11) is -2.69. The van der Waals surface area contributed by atoms with E-state index in [4.69, 9.17) is 26.1 Å². The molecule has 0 spiro atoms. The maximum Gasteiger partial charge on any atom is 0.264 e. The Morgan fingerprint density at radius 3 is 2.42 bits per heavy atom. The highest BCUT2D eigenvalue weighted by Crippen LogP contribution is 2.45. The number of nitrogens with one attached hydrogen (secondary N) is 3. The molecule has 0 radical (unpaired) electrons. The zero-order valence-corrected chi connectivity index (χ0v) is 31.9. The van der Waals surface area contributed by atoms with Crippen LogP contribution in [0.3, 0.4) is 0 Å². The highest BCUT2D eigenvalue weighted by Gasteiger charge is 2.61. The van der Waals surface area contributed by atoms with Gasteiger partial charge in [-0.3, -0.25) is 19.2 Å². The lowest BCUT2D eigenvalue weighted by Crippen LogP contribution is -2.56. The minimum Gasteiger partial charge on any atom is -0.497 e. The molecule has 13 nitrogen and oxygen atoms in total. The van der Waals surface area contributed by atoms with E-state index in [0.29, 0.717) is 28.1 Å². The minimum atomic E-state index is -4.25. The van der Waals surface area contributed by atoms with Crippen molar-refractivity contribution in [2.75, 3.05) is 26.1 Å². The molecule has 5 atom stereocenters. The van der Waals surface area contributed by atoms with Crippen molar-refractivity contribution in [3.05, 3.63) is 97.6 Å². The number of halogens is 1. The van der Waals surface area contributed by atoms with Crippen LogP contribution in [0.4, 0.5) is 0 Å². The number of benzene rings is 3. The van der Waals surface area contributed by atoms with Crippen LogP contribution in [0, 0.1) is 11.8 Å². The molecule has 15 heteroatoms. The zero-order chi connectivity index (χ0) is 39.3. The van der Waals surface area contributed by atoms with Crippen LogP contribution in [-0.2, 0) is 29.2 Å². The van der Waals surface area contributed by atoms with Crippen molar-refractivity contribution in [1.82, 2.24) is 25.2 Å². The van der Waals surface area contributed by atoms with Gasteiger partial charge >= 0.3 is 0 Å². The van der Waals surface area contributed by atoms with E-state index >= 15 is 0 Å². The molecule has 0 unspecified atom stereocenters. The molecule has 55 heavy (non-hydrogen) atoms. The summed E-state index contributed by atoms with van der Waals surface area (Å²) in [4.78, 5) is 59.9. The molecule has 1 aliphatic carbocycles. The summed E-state index contributed by atoms with van der Waals surface area (Å²) in [5.41, 5.74) is 0.515. The van der Waals surface area contributed by atoms with Gasteiger partial charge in [-0.25, -0.2) is 18.1 Å². The maximum absolute atomic E-state index is 14.3. The van der Waals surface area contributed by atoms with Crippen LogP contribution in [0.1, 0.15) is 26.2 Å². The van der Waals surface area contributed by atoms with Gasteiger partial charge in [0.2, 0.25) is 17.7 Å². The van der Waals surface area contributed by atoms with Gasteiger partial charge in [-0.05, 0) is 37.1 Å². The van der Waals surface area contributed by atoms with Gasteiger partial charge in [0, 0.05) is 47.9 Å². The van der Waals surface area contributed by atoms with Gasteiger partial charge in [-0.1, -0.05) is 61.5 Å². The average Bonchev–Trinajstić information content (AvgIpc) is 3.76. The summed E-state index contributed by atoms with van der Waals surface area (Å²) in [5.74, 6) is -2.58. The molecule has 4 amide bonds. The van der Waals surface area contributed by atoms with Crippen LogP contribution in [0.15, 0.2) is 102 Å². The van der Waals surface area contributed by atoms with E-state index in [-0.39, 0.29) is 54.9 Å². The summed E-state index contributed by atoms with van der Waals surface area (Å²) in [6.45, 7) is 5.70. The number of carbonyl (C=O) groups excluding carboxylic acids is 4. The molecule has 4 aromatic rings. The third-order valence-corrected chi connectivity index (χ3v) is 11.6. The topological polar surface area (TPSA) is 173 Å². The minimum absolute atomic E-state index is 0.0302. The molecular formula is C40H42ClN5O8S. The first kappa shape index (κ1) is 39.2. The predicted molar refractivity (Wildman–Crippen MR) is 207 cm³/mol. The van der Waals surface area contributed by atoms with Crippen LogP contribution >= 0.6 is 11.6 Å². The van der Waals surface area contributed by atoms with E-state index in [2.05, 4.69) is 21.9 Å². The lowest BCUT2D eigenvalue weighted by atomic mass is 10.0. The highest BCUT2D eigenvalue weighted by atomic mass is 35.5. The fourth-order valence-electron chi connectivity index (χ4n) is 6.80. The van der Waals surface area contributed by atoms with Crippen molar-refractivity contribution in [1.29, 1.82) is 0 Å². The van der Waals surface area contributed by atoms with E-state index in [1.165, 1.54) is 35.2 Å². The lowest BCUT2D eigenvalue weighted by Gasteiger charge is -2.28. The molecule has 1 aliphatic heterocycles. The second-order valence-corrected chi connectivity index (χ2v) is 15.6. The van der Waals surface area contributed by atoms with E-state index in [1.807, 2.05) is 42.5 Å². The number of ether oxygens (including phenoxy) is 2. The van der Waals surface area contributed by atoms with Crippen molar-refractivity contribution in [3.8, 4) is 22.8 Å². The summed E-state index contributed by atoms with van der Waals surface area (Å²) in [5, 5.41) is 6.15. The van der Waals surface area contributed by atoms with Gasteiger partial charge in [0.05, 0.1) is 29.8 Å². The van der Waals surface area contributed by atoms with Crippen molar-refractivity contribution in [2.45, 2.75) is 48.8 Å². The molecule has 288 valence electrons. The van der Waals surface area contributed by atoms with Gasteiger partial charge in [-0.2, -0.15) is 0 Å². The van der Waals surface area contributed by atoms with Gasteiger partial charge in [-0.15, -0.1) is 18.2 Å². The molecule has 2 aliphatic rings. The predicted octanol–water partition coefficient (Wildman–Crippen LogP) is 4.21. The largest absolute Gasteiger partial charge is 0.497 e. The monoisotopic (exact) mass is 787 g/mol. The number of nitrogens with zero attached hydrogens (tertiary/aromatic N) is 2. The molecule has 2 fully saturated rings. The van der Waals surface area contributed by atoms with Crippen molar-refractivity contribution < 1.29 is 37.1 Å². The summed E-state index contributed by atoms with van der Waals surface area (Å²) < 4.78 is 40.4. The Balaban J connectivity index is 1.28. The Bertz CT molecular complexity index is 2210. The number of hydrogen-bond acceptors (Lipinski definition) is 9. The van der Waals surface area contributed by atoms with E-state index in [9.17, 15) is 27.6 Å². The summed E-state index contributed by atoms with van der Waals surface area (Å²) in [6.07, 6.45) is 1.27. The smallest absolute Gasteiger partial charge is 0.264 e. The number of aromatic nitrogens is 1. The number of alkyl halides is 1. The fraction of sp³-hybridized carbons (Fsp3) is 0.325. The maximum atomic E-state index is 14.3. The number of fused-ring (bicyclic) bond motifs is 1. The molecule has 6 rings (SSSR count). The standard InChI is InChI=1S/C40H42ClN5O8S/c1-4-27-22-40(27,39(50)45-55(51,52)30-13-9-6-10-14-30)44-37(48)34-20-29(24-46(34)38(49)25(2)17-18-42-36(47)23-41)54-35-21-32(26-11-7-5-8-12-26)43-33-19-28(53-3)15-16-31(33)35/h4-16,19,21,25,27,29,34H,1,17-18,20,22-24H2,2-3H3,(H,42,47)(H,44,48)(H,45,50)/t25-,27+,29+,34-,40+/m0/s1. The number of amides is 4. The first-order valence-corrected chi connectivity index (χ1v) is 19.8. The summed E-state index contributed by atoms with van der Waals surface area (Å²) >= 11 is 5.61. The Morgan fingerprint density at radius 1 is 1.05 bits per heavy atom. The van der Waals surface area contributed by atoms with Crippen LogP contribution in [0.5, 0.6) is 11.5 Å². The molecule has 1 saturated carbocycles. The van der Waals surface area contributed by atoms with Crippen molar-refractivity contribution in [2.24, 2.45) is 11.8 Å². The molecular weight excluding hydrogens is 746 g/mol. The number of rotatable bonds is 15. The normalized spacial score (nSPS) is 20.9. The number of likely N-dealkylation sites (tertiary alicyclic amines) is 1. The number of methoxy groups -OCH3 is 1. The number of hydrogen-bond donors (Lipinski definition) is 3. The zero-order valence-electron chi connectivity index (χ0n) is 30.4. The van der Waals surface area contributed by atoms with Gasteiger partial charge < -0.3 is 25.0 Å². The van der Waals surface area contributed by atoms with Crippen LogP contribution < -0.4 is 24.8 Å². The third kappa shape index (κ3) is 8.60. The molecule has 0 bridgehead atoms. The molecule has 1 aromatic heterocycles. The van der Waals surface area contributed by atoms with Crippen molar-refractivity contribution >= 4 is 56.2 Å². The Hall–Kier alpha value is -5.47. The first-order chi connectivity index (χ1) is 26.4. The van der Waals surface area contributed by atoms with E-state index in [0.717, 1.165) is 5.56 Å². The van der Waals surface area contributed by atoms with Crippen LogP contribution in [0.25, 0.3) is 22.2 Å². The number of pyridine rings is 1. The SMILES string of the molecule is C=C[C@@H]1C[C@]1(NC(=O)[C@@H]1C[C@@H](Oc2cc(-c3ccccc3)nc3cc(OC)ccc23)CN1C(=O)[C@@H](C)CCNC(=O)CCl)C(=O)NS(=O)(=O)c1ccccc1. The molecule has 3 aromatic carbocycles. The van der Waals surface area contributed by atoms with Crippen molar-refractivity contribution in [3.63, 3.8) is 0 Å². The Kier molecular flexibility index (Phi) is 11.8. The first-order valence-electron chi connectivity index (χ1n) is 17.8. The van der Waals surface area contributed by atoms with E-state index < -0.39 is 51.4 Å².